The molecule has 0 N–H and O–H groups in total. The Kier molecular flexibility index (Phi) is 10.3. The molecule has 0 saturated heterocycles. The minimum atomic E-state index is 1.12. The summed E-state index contributed by atoms with van der Waals surface area (Å²) >= 11 is 0. The first-order valence-corrected chi connectivity index (χ1v) is 21.9. The minimum absolute atomic E-state index is 1.12. The van der Waals surface area contributed by atoms with Gasteiger partial charge in [-0.3, -0.25) is 0 Å². The van der Waals surface area contributed by atoms with Gasteiger partial charge in [0.2, 0.25) is 0 Å². The minimum Gasteiger partial charge on any atom is -0.310 e. The van der Waals surface area contributed by atoms with E-state index in [1.807, 2.05) is 0 Å². The summed E-state index contributed by atoms with van der Waals surface area (Å²) in [6, 6.07) is 96.1. The standard InChI is InChI=1S/C62H44N2/c1-3-15-57(16-4-1)63(61-41-35-45-11-7-9-13-55(45)43-61)59-37-31-53(32-38-59)51-27-23-49(24-28-51)47-19-21-48(22-20-47)50-25-29-52(30-26-50)54-33-39-60(40-34-54)64(58-17-5-2-6-18-58)62-42-36-46-12-8-10-14-56(46)44-62/h1-44H. The first-order chi connectivity index (χ1) is 31.7. The Morgan fingerprint density at radius 1 is 0.156 bits per heavy atom. The molecule has 0 atom stereocenters. The lowest BCUT2D eigenvalue weighted by molar-refractivity contribution is 1.29. The monoisotopic (exact) mass is 816 g/mol. The third kappa shape index (κ3) is 7.81. The quantitative estimate of drug-likeness (QED) is 0.136. The SMILES string of the molecule is c1ccc(N(c2ccc(-c3ccc(-c4ccc(-c5ccc(-c6ccc(N(c7ccccc7)c7ccc8ccccc8c7)cc6)cc5)cc4)cc3)cc2)c2ccc3ccccc3c2)cc1. The molecule has 64 heavy (non-hydrogen) atoms. The van der Waals surface area contributed by atoms with Crippen LogP contribution >= 0.6 is 0 Å². The average molecular weight is 817 g/mol. The van der Waals surface area contributed by atoms with Gasteiger partial charge >= 0.3 is 0 Å². The van der Waals surface area contributed by atoms with Crippen LogP contribution < -0.4 is 9.80 Å². The molecule has 0 saturated carbocycles. The number of fused-ring (bicyclic) bond motifs is 2. The van der Waals surface area contributed by atoms with Gasteiger partial charge in [-0.25, -0.2) is 0 Å². The highest BCUT2D eigenvalue weighted by molar-refractivity contribution is 5.91. The van der Waals surface area contributed by atoms with E-state index in [0.29, 0.717) is 0 Å². The van der Waals surface area contributed by atoms with Gasteiger partial charge < -0.3 is 9.80 Å². The molecule has 2 heteroatoms. The molecule has 0 heterocycles. The van der Waals surface area contributed by atoms with Crippen molar-refractivity contribution in [2.24, 2.45) is 0 Å². The fraction of sp³-hybridized carbons (Fsp3) is 0. The lowest BCUT2D eigenvalue weighted by Crippen LogP contribution is -2.09. The second-order valence-corrected chi connectivity index (χ2v) is 16.2. The summed E-state index contributed by atoms with van der Waals surface area (Å²) in [6.07, 6.45) is 0. The number of nitrogens with zero attached hydrogens (tertiary/aromatic N) is 2. The Morgan fingerprint density at radius 2 is 0.375 bits per heavy atom. The zero-order valence-electron chi connectivity index (χ0n) is 35.3. The topological polar surface area (TPSA) is 6.48 Å². The van der Waals surface area contributed by atoms with Gasteiger partial charge in [-0.15, -0.1) is 0 Å². The van der Waals surface area contributed by atoms with E-state index < -0.39 is 0 Å². The summed E-state index contributed by atoms with van der Waals surface area (Å²) in [5, 5.41) is 4.93. The number of anilines is 6. The number of hydrogen-bond donors (Lipinski definition) is 0. The number of hydrogen-bond acceptors (Lipinski definition) is 2. The third-order valence-corrected chi connectivity index (χ3v) is 12.3. The Bertz CT molecular complexity index is 3090. The maximum atomic E-state index is 2.32. The van der Waals surface area contributed by atoms with Crippen molar-refractivity contribution in [3.63, 3.8) is 0 Å². The van der Waals surface area contributed by atoms with E-state index in [1.165, 1.54) is 66.1 Å². The lowest BCUT2D eigenvalue weighted by Gasteiger charge is -2.26. The molecule has 0 fully saturated rings. The Labute approximate surface area is 375 Å². The van der Waals surface area contributed by atoms with Crippen LogP contribution in [-0.2, 0) is 0 Å². The lowest BCUT2D eigenvalue weighted by atomic mass is 9.97. The van der Waals surface area contributed by atoms with E-state index in [9.17, 15) is 0 Å². The molecule has 0 spiro atoms. The second-order valence-electron chi connectivity index (χ2n) is 16.2. The number of rotatable bonds is 10. The largest absolute Gasteiger partial charge is 0.310 e. The van der Waals surface area contributed by atoms with Crippen LogP contribution in [0.15, 0.2) is 267 Å². The van der Waals surface area contributed by atoms with Crippen LogP contribution in [0.5, 0.6) is 0 Å². The molecular weight excluding hydrogens is 773 g/mol. The van der Waals surface area contributed by atoms with Crippen molar-refractivity contribution in [1.82, 2.24) is 0 Å². The summed E-state index contributed by atoms with van der Waals surface area (Å²) in [7, 11) is 0. The average Bonchev–Trinajstić information content (AvgIpc) is 3.38. The van der Waals surface area contributed by atoms with Crippen molar-refractivity contribution in [2.75, 3.05) is 9.80 Å². The zero-order valence-corrected chi connectivity index (χ0v) is 35.3. The highest BCUT2D eigenvalue weighted by Crippen LogP contribution is 2.39. The van der Waals surface area contributed by atoms with Gasteiger partial charge in [0, 0.05) is 34.1 Å². The van der Waals surface area contributed by atoms with Gasteiger partial charge in [0.1, 0.15) is 0 Å². The molecule has 0 aromatic heterocycles. The molecule has 11 aromatic carbocycles. The van der Waals surface area contributed by atoms with Crippen LogP contribution in [0.4, 0.5) is 34.1 Å². The van der Waals surface area contributed by atoms with E-state index in [1.54, 1.807) is 0 Å². The molecule has 0 bridgehead atoms. The van der Waals surface area contributed by atoms with Crippen LogP contribution in [0.3, 0.4) is 0 Å². The van der Waals surface area contributed by atoms with Crippen LogP contribution in [0.25, 0.3) is 66.1 Å². The first kappa shape index (κ1) is 38.5. The van der Waals surface area contributed by atoms with E-state index in [-0.39, 0.29) is 0 Å². The van der Waals surface area contributed by atoms with E-state index in [2.05, 4.69) is 277 Å². The Hall–Kier alpha value is -8.46. The predicted molar refractivity (Wildman–Crippen MR) is 273 cm³/mol. The molecule has 11 rings (SSSR count). The summed E-state index contributed by atoms with van der Waals surface area (Å²) in [4.78, 5) is 4.65. The van der Waals surface area contributed by atoms with Gasteiger partial charge in [0.05, 0.1) is 0 Å². The second kappa shape index (κ2) is 17.1. The fourth-order valence-corrected chi connectivity index (χ4v) is 8.85. The maximum Gasteiger partial charge on any atom is 0.0468 e. The van der Waals surface area contributed by atoms with Crippen molar-refractivity contribution in [3.8, 4) is 44.5 Å². The van der Waals surface area contributed by atoms with Crippen LogP contribution in [0.1, 0.15) is 0 Å². The van der Waals surface area contributed by atoms with E-state index in [4.69, 9.17) is 0 Å². The van der Waals surface area contributed by atoms with Crippen LogP contribution in [-0.4, -0.2) is 0 Å². The molecule has 0 aliphatic carbocycles. The van der Waals surface area contributed by atoms with Gasteiger partial charge in [-0.1, -0.05) is 194 Å². The molecule has 2 nitrogen and oxygen atoms in total. The van der Waals surface area contributed by atoms with Crippen LogP contribution in [0, 0.1) is 0 Å². The van der Waals surface area contributed by atoms with Crippen LogP contribution in [0.2, 0.25) is 0 Å². The van der Waals surface area contributed by atoms with Gasteiger partial charge in [-0.2, -0.15) is 0 Å². The van der Waals surface area contributed by atoms with Gasteiger partial charge in [-0.05, 0) is 139 Å². The smallest absolute Gasteiger partial charge is 0.0468 e. The number of benzene rings is 11. The third-order valence-electron chi connectivity index (χ3n) is 12.3. The van der Waals surface area contributed by atoms with E-state index in [0.717, 1.165) is 34.1 Å². The van der Waals surface area contributed by atoms with Gasteiger partial charge in [0.15, 0.2) is 0 Å². The highest BCUT2D eigenvalue weighted by atomic mass is 15.1. The van der Waals surface area contributed by atoms with Gasteiger partial charge in [0.25, 0.3) is 0 Å². The van der Waals surface area contributed by atoms with Crippen molar-refractivity contribution in [1.29, 1.82) is 0 Å². The Morgan fingerprint density at radius 3 is 0.672 bits per heavy atom. The number of para-hydroxylation sites is 2. The molecule has 302 valence electrons. The zero-order chi connectivity index (χ0) is 42.7. The summed E-state index contributed by atoms with van der Waals surface area (Å²) in [5.74, 6) is 0. The fourth-order valence-electron chi connectivity index (χ4n) is 8.85. The molecular formula is C62H44N2. The van der Waals surface area contributed by atoms with Crippen molar-refractivity contribution in [2.45, 2.75) is 0 Å². The molecule has 0 amide bonds. The predicted octanol–water partition coefficient (Wildman–Crippen LogP) is 17.6. The summed E-state index contributed by atoms with van der Waals surface area (Å²) < 4.78 is 0. The molecule has 0 unspecified atom stereocenters. The van der Waals surface area contributed by atoms with E-state index >= 15 is 0 Å². The van der Waals surface area contributed by atoms with Crippen molar-refractivity contribution >= 4 is 55.7 Å². The molecule has 11 aromatic rings. The Balaban J connectivity index is 0.780. The van der Waals surface area contributed by atoms with Crippen molar-refractivity contribution in [3.05, 3.63) is 267 Å². The summed E-state index contributed by atoms with van der Waals surface area (Å²) in [6.45, 7) is 0. The molecule has 0 aliphatic rings. The maximum absolute atomic E-state index is 2.32. The first-order valence-electron chi connectivity index (χ1n) is 21.9. The summed E-state index contributed by atoms with van der Waals surface area (Å²) in [5.41, 5.74) is 16.3. The normalized spacial score (nSPS) is 11.1. The van der Waals surface area contributed by atoms with Crippen molar-refractivity contribution < 1.29 is 0 Å². The highest BCUT2D eigenvalue weighted by Gasteiger charge is 2.15. The molecule has 0 radical (unpaired) electrons. The molecule has 0 aliphatic heterocycles.